The molecule has 0 spiro atoms. The van der Waals surface area contributed by atoms with Crippen molar-refractivity contribution in [2.75, 3.05) is 39.3 Å². The van der Waals surface area contributed by atoms with E-state index < -0.39 is 0 Å². The molecular weight excluding hydrogens is 210 g/mol. The summed E-state index contributed by atoms with van der Waals surface area (Å²) in [5.74, 6) is 0. The maximum atomic E-state index is 3.62. The fourth-order valence-electron chi connectivity index (χ4n) is 2.97. The van der Waals surface area contributed by atoms with Crippen molar-refractivity contribution in [1.29, 1.82) is 0 Å². The van der Waals surface area contributed by atoms with Gasteiger partial charge in [-0.2, -0.15) is 0 Å². The van der Waals surface area contributed by atoms with Gasteiger partial charge < -0.3 is 15.5 Å². The minimum absolute atomic E-state index is 0.730. The van der Waals surface area contributed by atoms with Crippen LogP contribution in [0.3, 0.4) is 0 Å². The van der Waals surface area contributed by atoms with E-state index in [1.165, 1.54) is 71.1 Å². The SMILES string of the molecule is C1CCCN(CCNCC2CCCCN2)CC1. The molecule has 0 saturated carbocycles. The van der Waals surface area contributed by atoms with Gasteiger partial charge in [0.1, 0.15) is 0 Å². The molecule has 0 aliphatic carbocycles. The van der Waals surface area contributed by atoms with Crippen LogP contribution in [0.2, 0.25) is 0 Å². The second-order valence-electron chi connectivity index (χ2n) is 5.61. The molecule has 3 nitrogen and oxygen atoms in total. The summed E-state index contributed by atoms with van der Waals surface area (Å²) in [6.45, 7) is 7.43. The summed E-state index contributed by atoms with van der Waals surface area (Å²) in [6, 6.07) is 0.730. The van der Waals surface area contributed by atoms with Gasteiger partial charge in [0.15, 0.2) is 0 Å². The van der Waals surface area contributed by atoms with E-state index in [-0.39, 0.29) is 0 Å². The van der Waals surface area contributed by atoms with Crippen LogP contribution >= 0.6 is 0 Å². The second-order valence-corrected chi connectivity index (χ2v) is 5.61. The Hall–Kier alpha value is -0.120. The lowest BCUT2D eigenvalue weighted by molar-refractivity contribution is 0.280. The highest BCUT2D eigenvalue weighted by atomic mass is 15.1. The molecule has 2 saturated heterocycles. The molecule has 2 N–H and O–H groups in total. The molecule has 2 aliphatic heterocycles. The number of piperidine rings is 1. The van der Waals surface area contributed by atoms with Gasteiger partial charge in [-0.1, -0.05) is 19.3 Å². The summed E-state index contributed by atoms with van der Waals surface area (Å²) in [6.07, 6.45) is 9.83. The predicted molar refractivity (Wildman–Crippen MR) is 73.4 cm³/mol. The van der Waals surface area contributed by atoms with Crippen LogP contribution in [-0.2, 0) is 0 Å². The van der Waals surface area contributed by atoms with Crippen molar-refractivity contribution >= 4 is 0 Å². The topological polar surface area (TPSA) is 27.3 Å². The van der Waals surface area contributed by atoms with Gasteiger partial charge >= 0.3 is 0 Å². The highest BCUT2D eigenvalue weighted by Crippen LogP contribution is 2.09. The number of rotatable bonds is 5. The van der Waals surface area contributed by atoms with E-state index in [0.29, 0.717) is 0 Å². The third kappa shape index (κ3) is 5.36. The first-order valence-electron chi connectivity index (χ1n) is 7.61. The third-order valence-electron chi connectivity index (χ3n) is 4.11. The quantitative estimate of drug-likeness (QED) is 0.714. The van der Waals surface area contributed by atoms with Crippen molar-refractivity contribution in [3.05, 3.63) is 0 Å². The largest absolute Gasteiger partial charge is 0.314 e. The fraction of sp³-hybridized carbons (Fsp3) is 1.00. The fourth-order valence-corrected chi connectivity index (χ4v) is 2.97. The Morgan fingerprint density at radius 3 is 2.53 bits per heavy atom. The molecule has 17 heavy (non-hydrogen) atoms. The molecule has 1 unspecified atom stereocenters. The van der Waals surface area contributed by atoms with Crippen molar-refractivity contribution in [3.8, 4) is 0 Å². The Bertz CT molecular complexity index is 182. The summed E-state index contributed by atoms with van der Waals surface area (Å²) in [5.41, 5.74) is 0. The van der Waals surface area contributed by atoms with Crippen LogP contribution in [0.5, 0.6) is 0 Å². The van der Waals surface area contributed by atoms with Crippen LogP contribution in [0.4, 0.5) is 0 Å². The molecule has 2 fully saturated rings. The average molecular weight is 239 g/mol. The number of nitrogens with zero attached hydrogens (tertiary/aromatic N) is 1. The van der Waals surface area contributed by atoms with E-state index in [2.05, 4.69) is 15.5 Å². The molecule has 0 aromatic heterocycles. The second kappa shape index (κ2) is 8.06. The van der Waals surface area contributed by atoms with E-state index >= 15 is 0 Å². The van der Waals surface area contributed by atoms with Gasteiger partial charge in [-0.25, -0.2) is 0 Å². The van der Waals surface area contributed by atoms with Crippen molar-refractivity contribution in [2.24, 2.45) is 0 Å². The van der Waals surface area contributed by atoms with Gasteiger partial charge in [0.25, 0.3) is 0 Å². The predicted octanol–water partition coefficient (Wildman–Crippen LogP) is 1.59. The van der Waals surface area contributed by atoms with E-state index in [1.807, 2.05) is 0 Å². The Balaban J connectivity index is 1.49. The van der Waals surface area contributed by atoms with E-state index in [4.69, 9.17) is 0 Å². The van der Waals surface area contributed by atoms with Crippen LogP contribution in [0.1, 0.15) is 44.9 Å². The van der Waals surface area contributed by atoms with Crippen LogP contribution in [0.15, 0.2) is 0 Å². The zero-order valence-electron chi connectivity index (χ0n) is 11.2. The molecule has 0 bridgehead atoms. The molecule has 1 atom stereocenters. The lowest BCUT2D eigenvalue weighted by Gasteiger charge is -2.25. The number of hydrogen-bond acceptors (Lipinski definition) is 3. The number of hydrogen-bond donors (Lipinski definition) is 2. The van der Waals surface area contributed by atoms with Crippen molar-refractivity contribution in [2.45, 2.75) is 51.0 Å². The minimum Gasteiger partial charge on any atom is -0.314 e. The first-order valence-corrected chi connectivity index (χ1v) is 7.61. The smallest absolute Gasteiger partial charge is 0.0192 e. The Kier molecular flexibility index (Phi) is 6.32. The monoisotopic (exact) mass is 239 g/mol. The lowest BCUT2D eigenvalue weighted by Crippen LogP contribution is -2.43. The normalized spacial score (nSPS) is 27.9. The first-order chi connectivity index (χ1) is 8.45. The number of likely N-dealkylation sites (tertiary alicyclic amines) is 1. The minimum atomic E-state index is 0.730. The van der Waals surface area contributed by atoms with Crippen molar-refractivity contribution in [1.82, 2.24) is 15.5 Å². The van der Waals surface area contributed by atoms with E-state index in [1.54, 1.807) is 0 Å². The van der Waals surface area contributed by atoms with Gasteiger partial charge in [-0.15, -0.1) is 0 Å². The molecule has 3 heteroatoms. The van der Waals surface area contributed by atoms with Gasteiger partial charge in [0.05, 0.1) is 0 Å². The van der Waals surface area contributed by atoms with Gasteiger partial charge in [0.2, 0.25) is 0 Å². The van der Waals surface area contributed by atoms with Gasteiger partial charge in [-0.05, 0) is 45.3 Å². The van der Waals surface area contributed by atoms with Crippen molar-refractivity contribution in [3.63, 3.8) is 0 Å². The summed E-state index contributed by atoms with van der Waals surface area (Å²) in [7, 11) is 0. The number of nitrogens with one attached hydrogen (secondary N) is 2. The Labute approximate surface area is 106 Å². The third-order valence-corrected chi connectivity index (χ3v) is 4.11. The Morgan fingerprint density at radius 2 is 1.82 bits per heavy atom. The summed E-state index contributed by atoms with van der Waals surface area (Å²) in [5, 5.41) is 7.21. The van der Waals surface area contributed by atoms with Crippen LogP contribution in [0, 0.1) is 0 Å². The summed E-state index contributed by atoms with van der Waals surface area (Å²) in [4.78, 5) is 2.63. The van der Waals surface area contributed by atoms with Gasteiger partial charge in [-0.3, -0.25) is 0 Å². The highest BCUT2D eigenvalue weighted by molar-refractivity contribution is 4.74. The van der Waals surface area contributed by atoms with Crippen LogP contribution in [-0.4, -0.2) is 50.2 Å². The van der Waals surface area contributed by atoms with Crippen LogP contribution in [0.25, 0.3) is 0 Å². The zero-order chi connectivity index (χ0) is 11.8. The van der Waals surface area contributed by atoms with Crippen LogP contribution < -0.4 is 10.6 Å². The molecule has 100 valence electrons. The highest BCUT2D eigenvalue weighted by Gasteiger charge is 2.12. The molecule has 0 aromatic rings. The Morgan fingerprint density at radius 1 is 1.00 bits per heavy atom. The standard InChI is InChI=1S/C14H29N3/c1-2-6-11-17(10-5-1)12-9-15-13-14-7-3-4-8-16-14/h14-16H,1-13H2. The molecule has 0 radical (unpaired) electrons. The summed E-state index contributed by atoms with van der Waals surface area (Å²) >= 11 is 0. The zero-order valence-corrected chi connectivity index (χ0v) is 11.2. The summed E-state index contributed by atoms with van der Waals surface area (Å²) < 4.78 is 0. The molecular formula is C14H29N3. The molecule has 2 rings (SSSR count). The average Bonchev–Trinajstić information content (AvgIpc) is 2.65. The maximum Gasteiger partial charge on any atom is 0.0192 e. The van der Waals surface area contributed by atoms with Gasteiger partial charge in [0, 0.05) is 25.7 Å². The first kappa shape index (κ1) is 13.3. The lowest BCUT2D eigenvalue weighted by atomic mass is 10.1. The van der Waals surface area contributed by atoms with Crippen molar-refractivity contribution < 1.29 is 0 Å². The molecule has 2 aliphatic rings. The molecule has 0 aromatic carbocycles. The maximum absolute atomic E-state index is 3.62. The van der Waals surface area contributed by atoms with E-state index in [0.717, 1.165) is 19.1 Å². The van der Waals surface area contributed by atoms with E-state index in [9.17, 15) is 0 Å². The molecule has 0 amide bonds. The molecule has 2 heterocycles.